The average molecular weight is 214 g/mol. The minimum absolute atomic E-state index is 0.0847. The number of nitrogens with zero attached hydrogens (tertiary/aromatic N) is 1. The molecule has 1 aliphatic rings. The Morgan fingerprint density at radius 3 is 2.81 bits per heavy atom. The van der Waals surface area contributed by atoms with Gasteiger partial charge < -0.3 is 9.88 Å². The summed E-state index contributed by atoms with van der Waals surface area (Å²) in [6.07, 6.45) is 1.14. The minimum atomic E-state index is 0.0847. The van der Waals surface area contributed by atoms with Gasteiger partial charge in [-0.25, -0.2) is 0 Å². The summed E-state index contributed by atoms with van der Waals surface area (Å²) in [5.41, 5.74) is 4.41. The van der Waals surface area contributed by atoms with E-state index in [1.165, 1.54) is 22.2 Å². The van der Waals surface area contributed by atoms with Crippen molar-refractivity contribution in [2.75, 3.05) is 6.54 Å². The quantitative estimate of drug-likeness (QED) is 0.713. The van der Waals surface area contributed by atoms with Gasteiger partial charge in [0.25, 0.3) is 0 Å². The molecule has 84 valence electrons. The van der Waals surface area contributed by atoms with Gasteiger partial charge in [0, 0.05) is 30.2 Å². The standard InChI is InChI=1S/C14H18N2/c1-14(2)13-11(8-9-15-14)10-6-4-5-7-12(10)16(13)3/h4-7,15H,8-9H2,1-3H3. The highest BCUT2D eigenvalue weighted by atomic mass is 15.1. The van der Waals surface area contributed by atoms with E-state index in [0.29, 0.717) is 0 Å². The molecule has 1 aromatic carbocycles. The molecule has 0 aliphatic carbocycles. The zero-order chi connectivity index (χ0) is 11.3. The fourth-order valence-corrected chi connectivity index (χ4v) is 3.11. The van der Waals surface area contributed by atoms with Crippen LogP contribution >= 0.6 is 0 Å². The summed E-state index contributed by atoms with van der Waals surface area (Å²) in [5.74, 6) is 0. The Kier molecular flexibility index (Phi) is 1.93. The van der Waals surface area contributed by atoms with Gasteiger partial charge in [0.2, 0.25) is 0 Å². The second-order valence-corrected chi connectivity index (χ2v) is 5.21. The van der Waals surface area contributed by atoms with Crippen molar-refractivity contribution in [2.45, 2.75) is 25.8 Å². The lowest BCUT2D eigenvalue weighted by Gasteiger charge is -2.33. The number of nitrogens with one attached hydrogen (secondary N) is 1. The first-order chi connectivity index (χ1) is 7.61. The number of rotatable bonds is 0. The van der Waals surface area contributed by atoms with E-state index in [1.807, 2.05) is 0 Å². The van der Waals surface area contributed by atoms with Crippen LogP contribution < -0.4 is 5.32 Å². The van der Waals surface area contributed by atoms with E-state index in [1.54, 1.807) is 0 Å². The number of para-hydroxylation sites is 1. The Morgan fingerprint density at radius 2 is 2.00 bits per heavy atom. The van der Waals surface area contributed by atoms with Gasteiger partial charge in [0.15, 0.2) is 0 Å². The molecule has 2 heteroatoms. The fraction of sp³-hybridized carbons (Fsp3) is 0.429. The summed E-state index contributed by atoms with van der Waals surface area (Å²) in [5, 5.41) is 5.02. The second-order valence-electron chi connectivity index (χ2n) is 5.21. The van der Waals surface area contributed by atoms with Crippen LogP contribution in [0.2, 0.25) is 0 Å². The summed E-state index contributed by atoms with van der Waals surface area (Å²) in [4.78, 5) is 0. The summed E-state index contributed by atoms with van der Waals surface area (Å²) in [7, 11) is 2.18. The zero-order valence-corrected chi connectivity index (χ0v) is 10.2. The van der Waals surface area contributed by atoms with Crippen molar-refractivity contribution in [3.63, 3.8) is 0 Å². The Balaban J connectivity index is 2.42. The summed E-state index contributed by atoms with van der Waals surface area (Å²) >= 11 is 0. The van der Waals surface area contributed by atoms with E-state index in [0.717, 1.165) is 13.0 Å². The molecule has 2 nitrogen and oxygen atoms in total. The molecule has 0 amide bonds. The molecule has 3 rings (SSSR count). The van der Waals surface area contributed by atoms with Gasteiger partial charge in [-0.15, -0.1) is 0 Å². The predicted molar refractivity (Wildman–Crippen MR) is 67.7 cm³/mol. The SMILES string of the molecule is Cn1c2c(c3ccccc31)CCNC2(C)C. The number of hydrogen-bond acceptors (Lipinski definition) is 1. The van der Waals surface area contributed by atoms with E-state index in [-0.39, 0.29) is 5.54 Å². The topological polar surface area (TPSA) is 17.0 Å². The average Bonchev–Trinajstić information content (AvgIpc) is 2.54. The van der Waals surface area contributed by atoms with Crippen LogP contribution in [0, 0.1) is 0 Å². The van der Waals surface area contributed by atoms with Crippen molar-refractivity contribution in [3.8, 4) is 0 Å². The molecule has 0 saturated heterocycles. The maximum atomic E-state index is 3.60. The van der Waals surface area contributed by atoms with Crippen molar-refractivity contribution >= 4 is 10.9 Å². The zero-order valence-electron chi connectivity index (χ0n) is 10.2. The molecular formula is C14H18N2. The van der Waals surface area contributed by atoms with Gasteiger partial charge in [0.1, 0.15) is 0 Å². The third-order valence-corrected chi connectivity index (χ3v) is 3.75. The van der Waals surface area contributed by atoms with Crippen LogP contribution in [0.3, 0.4) is 0 Å². The molecular weight excluding hydrogens is 196 g/mol. The number of benzene rings is 1. The van der Waals surface area contributed by atoms with E-state index in [4.69, 9.17) is 0 Å². The monoisotopic (exact) mass is 214 g/mol. The lowest BCUT2D eigenvalue weighted by Crippen LogP contribution is -2.43. The lowest BCUT2D eigenvalue weighted by molar-refractivity contribution is 0.363. The Labute approximate surface area is 96.3 Å². The number of aromatic nitrogens is 1. The van der Waals surface area contributed by atoms with E-state index in [9.17, 15) is 0 Å². The molecule has 2 aromatic rings. The van der Waals surface area contributed by atoms with Crippen molar-refractivity contribution in [1.82, 2.24) is 9.88 Å². The first-order valence-electron chi connectivity index (χ1n) is 5.93. The third-order valence-electron chi connectivity index (χ3n) is 3.75. The number of hydrogen-bond donors (Lipinski definition) is 1. The van der Waals surface area contributed by atoms with E-state index < -0.39 is 0 Å². The largest absolute Gasteiger partial charge is 0.346 e. The smallest absolute Gasteiger partial charge is 0.0534 e. The summed E-state index contributed by atoms with van der Waals surface area (Å²) in [6, 6.07) is 8.71. The molecule has 1 aliphatic heterocycles. The van der Waals surface area contributed by atoms with Crippen molar-refractivity contribution < 1.29 is 0 Å². The molecule has 1 aromatic heterocycles. The van der Waals surface area contributed by atoms with Crippen LogP contribution in [0.15, 0.2) is 24.3 Å². The highest BCUT2D eigenvalue weighted by molar-refractivity contribution is 5.86. The Hall–Kier alpha value is -1.28. The van der Waals surface area contributed by atoms with Gasteiger partial charge in [0.05, 0.1) is 5.54 Å². The van der Waals surface area contributed by atoms with Crippen LogP contribution in [0.4, 0.5) is 0 Å². The Morgan fingerprint density at radius 1 is 1.25 bits per heavy atom. The van der Waals surface area contributed by atoms with Crippen molar-refractivity contribution in [3.05, 3.63) is 35.5 Å². The van der Waals surface area contributed by atoms with Crippen LogP contribution in [0.5, 0.6) is 0 Å². The molecule has 0 atom stereocenters. The summed E-state index contributed by atoms with van der Waals surface area (Å²) < 4.78 is 2.34. The maximum Gasteiger partial charge on any atom is 0.0534 e. The second kappa shape index (κ2) is 3.11. The molecule has 16 heavy (non-hydrogen) atoms. The molecule has 0 unspecified atom stereocenters. The predicted octanol–water partition coefficient (Wildman–Crippen LogP) is 2.56. The van der Waals surface area contributed by atoms with Gasteiger partial charge in [-0.2, -0.15) is 0 Å². The first-order valence-corrected chi connectivity index (χ1v) is 5.93. The normalized spacial score (nSPS) is 18.7. The maximum absolute atomic E-state index is 3.60. The van der Waals surface area contributed by atoms with Crippen LogP contribution in [-0.2, 0) is 19.0 Å². The summed E-state index contributed by atoms with van der Waals surface area (Å²) in [6.45, 7) is 5.61. The molecule has 0 spiro atoms. The molecule has 0 bridgehead atoms. The molecule has 1 N–H and O–H groups in total. The molecule has 0 radical (unpaired) electrons. The van der Waals surface area contributed by atoms with Gasteiger partial charge in [-0.1, -0.05) is 18.2 Å². The fourth-order valence-electron chi connectivity index (χ4n) is 3.11. The van der Waals surface area contributed by atoms with E-state index in [2.05, 4.69) is 55.0 Å². The number of fused-ring (bicyclic) bond motifs is 3. The van der Waals surface area contributed by atoms with Crippen LogP contribution in [0.25, 0.3) is 10.9 Å². The highest BCUT2D eigenvalue weighted by Gasteiger charge is 2.31. The van der Waals surface area contributed by atoms with E-state index >= 15 is 0 Å². The van der Waals surface area contributed by atoms with Gasteiger partial charge >= 0.3 is 0 Å². The van der Waals surface area contributed by atoms with Crippen molar-refractivity contribution in [2.24, 2.45) is 7.05 Å². The lowest BCUT2D eigenvalue weighted by atomic mass is 9.90. The van der Waals surface area contributed by atoms with Crippen LogP contribution in [0.1, 0.15) is 25.1 Å². The molecule has 2 heterocycles. The molecule has 0 saturated carbocycles. The number of aryl methyl sites for hydroxylation is 1. The van der Waals surface area contributed by atoms with Gasteiger partial charge in [-0.05, 0) is 31.9 Å². The van der Waals surface area contributed by atoms with Crippen molar-refractivity contribution in [1.29, 1.82) is 0 Å². The van der Waals surface area contributed by atoms with Gasteiger partial charge in [-0.3, -0.25) is 0 Å². The highest BCUT2D eigenvalue weighted by Crippen LogP contribution is 2.35. The third kappa shape index (κ3) is 1.17. The molecule has 0 fully saturated rings. The first kappa shape index (κ1) is 9.91. The minimum Gasteiger partial charge on any atom is -0.346 e. The Bertz CT molecular complexity index is 549. The van der Waals surface area contributed by atoms with Crippen LogP contribution in [-0.4, -0.2) is 11.1 Å².